The first-order valence-corrected chi connectivity index (χ1v) is 6.29. The Kier molecular flexibility index (Phi) is 3.74. The first kappa shape index (κ1) is 11.4. The van der Waals surface area contributed by atoms with Gasteiger partial charge in [0.1, 0.15) is 5.76 Å². The standard InChI is InChI=1S/C12H16N2OS/c1-9-10(2)15-12(14-9)8-13-6-5-11-4-3-7-16-11/h3-4,7,13H,5-6,8H2,1-2H3. The molecule has 0 aliphatic rings. The molecule has 1 N–H and O–H groups in total. The van der Waals surface area contributed by atoms with E-state index in [1.165, 1.54) is 4.88 Å². The molecule has 0 atom stereocenters. The maximum atomic E-state index is 5.48. The van der Waals surface area contributed by atoms with E-state index in [-0.39, 0.29) is 0 Å². The van der Waals surface area contributed by atoms with Gasteiger partial charge in [-0.2, -0.15) is 0 Å². The Balaban J connectivity index is 1.72. The Morgan fingerprint density at radius 2 is 2.31 bits per heavy atom. The van der Waals surface area contributed by atoms with Gasteiger partial charge in [-0.3, -0.25) is 0 Å². The molecule has 0 aliphatic carbocycles. The number of hydrogen-bond acceptors (Lipinski definition) is 4. The van der Waals surface area contributed by atoms with Gasteiger partial charge in [-0.15, -0.1) is 11.3 Å². The number of hydrogen-bond donors (Lipinski definition) is 1. The summed E-state index contributed by atoms with van der Waals surface area (Å²) in [6, 6.07) is 4.24. The van der Waals surface area contributed by atoms with Crippen LogP contribution in [0.3, 0.4) is 0 Å². The molecular formula is C12H16N2OS. The van der Waals surface area contributed by atoms with Crippen molar-refractivity contribution in [3.05, 3.63) is 39.7 Å². The summed E-state index contributed by atoms with van der Waals surface area (Å²) in [6.07, 6.45) is 1.07. The van der Waals surface area contributed by atoms with Gasteiger partial charge >= 0.3 is 0 Å². The molecule has 16 heavy (non-hydrogen) atoms. The largest absolute Gasteiger partial charge is 0.444 e. The van der Waals surface area contributed by atoms with Crippen LogP contribution in [-0.4, -0.2) is 11.5 Å². The van der Waals surface area contributed by atoms with Crippen LogP contribution in [0.15, 0.2) is 21.9 Å². The number of nitrogens with one attached hydrogen (secondary N) is 1. The van der Waals surface area contributed by atoms with Gasteiger partial charge in [0.25, 0.3) is 0 Å². The minimum Gasteiger partial charge on any atom is -0.444 e. The maximum absolute atomic E-state index is 5.48. The van der Waals surface area contributed by atoms with Crippen LogP contribution in [0, 0.1) is 13.8 Å². The summed E-state index contributed by atoms with van der Waals surface area (Å²) in [5.41, 5.74) is 0.982. The second-order valence-electron chi connectivity index (χ2n) is 3.76. The summed E-state index contributed by atoms with van der Waals surface area (Å²) in [7, 11) is 0. The zero-order valence-electron chi connectivity index (χ0n) is 9.62. The van der Waals surface area contributed by atoms with Gasteiger partial charge in [0.2, 0.25) is 5.89 Å². The van der Waals surface area contributed by atoms with E-state index in [1.807, 2.05) is 13.8 Å². The van der Waals surface area contributed by atoms with E-state index in [4.69, 9.17) is 4.42 Å². The van der Waals surface area contributed by atoms with Gasteiger partial charge in [-0.1, -0.05) is 6.07 Å². The highest BCUT2D eigenvalue weighted by atomic mass is 32.1. The van der Waals surface area contributed by atoms with Gasteiger partial charge in [0, 0.05) is 11.4 Å². The Morgan fingerprint density at radius 3 is 2.94 bits per heavy atom. The van der Waals surface area contributed by atoms with Crippen molar-refractivity contribution in [2.75, 3.05) is 6.54 Å². The number of aromatic nitrogens is 1. The predicted molar refractivity (Wildman–Crippen MR) is 65.7 cm³/mol. The Labute approximate surface area is 99.5 Å². The summed E-state index contributed by atoms with van der Waals surface area (Å²) in [4.78, 5) is 5.73. The van der Waals surface area contributed by atoms with Gasteiger partial charge in [0.15, 0.2) is 0 Å². The van der Waals surface area contributed by atoms with Crippen LogP contribution in [-0.2, 0) is 13.0 Å². The molecule has 2 aromatic rings. The van der Waals surface area contributed by atoms with E-state index in [0.717, 1.165) is 30.3 Å². The Bertz CT molecular complexity index is 414. The minimum absolute atomic E-state index is 0.708. The molecule has 0 saturated carbocycles. The minimum atomic E-state index is 0.708. The Morgan fingerprint density at radius 1 is 1.44 bits per heavy atom. The third-order valence-electron chi connectivity index (χ3n) is 2.48. The highest BCUT2D eigenvalue weighted by molar-refractivity contribution is 7.09. The molecule has 0 fully saturated rings. The van der Waals surface area contributed by atoms with E-state index in [0.29, 0.717) is 6.54 Å². The van der Waals surface area contributed by atoms with Crippen LogP contribution in [0.2, 0.25) is 0 Å². The lowest BCUT2D eigenvalue weighted by Gasteiger charge is -1.99. The predicted octanol–water partition coefficient (Wildman–Crippen LogP) is 2.69. The quantitative estimate of drug-likeness (QED) is 0.811. The summed E-state index contributed by atoms with van der Waals surface area (Å²) < 4.78 is 5.48. The van der Waals surface area contributed by atoms with Crippen molar-refractivity contribution in [1.82, 2.24) is 10.3 Å². The Hall–Kier alpha value is -1.13. The third-order valence-corrected chi connectivity index (χ3v) is 3.41. The maximum Gasteiger partial charge on any atom is 0.208 e. The summed E-state index contributed by atoms with van der Waals surface area (Å²) in [6.45, 7) is 5.58. The molecule has 0 aromatic carbocycles. The molecular weight excluding hydrogens is 220 g/mol. The lowest BCUT2D eigenvalue weighted by atomic mass is 10.3. The van der Waals surface area contributed by atoms with E-state index in [9.17, 15) is 0 Å². The molecule has 0 bridgehead atoms. The average molecular weight is 236 g/mol. The molecule has 0 unspecified atom stereocenters. The lowest BCUT2D eigenvalue weighted by molar-refractivity contribution is 0.450. The van der Waals surface area contributed by atoms with Crippen molar-refractivity contribution in [1.29, 1.82) is 0 Å². The molecule has 3 nitrogen and oxygen atoms in total. The summed E-state index contributed by atoms with van der Waals surface area (Å²) in [5, 5.41) is 5.44. The topological polar surface area (TPSA) is 38.1 Å². The van der Waals surface area contributed by atoms with Crippen LogP contribution in [0.1, 0.15) is 22.2 Å². The lowest BCUT2D eigenvalue weighted by Crippen LogP contribution is -2.16. The molecule has 0 amide bonds. The normalized spacial score (nSPS) is 10.9. The zero-order chi connectivity index (χ0) is 11.4. The van der Waals surface area contributed by atoms with E-state index in [2.05, 4.69) is 27.8 Å². The van der Waals surface area contributed by atoms with Crippen molar-refractivity contribution in [2.24, 2.45) is 0 Å². The van der Waals surface area contributed by atoms with Crippen LogP contribution in [0.5, 0.6) is 0 Å². The van der Waals surface area contributed by atoms with Crippen LogP contribution < -0.4 is 5.32 Å². The van der Waals surface area contributed by atoms with Gasteiger partial charge < -0.3 is 9.73 Å². The van der Waals surface area contributed by atoms with Crippen LogP contribution >= 0.6 is 11.3 Å². The van der Waals surface area contributed by atoms with Crippen molar-refractivity contribution in [3.63, 3.8) is 0 Å². The fourth-order valence-electron chi connectivity index (χ4n) is 1.48. The molecule has 2 heterocycles. The van der Waals surface area contributed by atoms with Gasteiger partial charge in [0.05, 0.1) is 12.2 Å². The molecule has 0 radical (unpaired) electrons. The number of thiophene rings is 1. The van der Waals surface area contributed by atoms with Gasteiger partial charge in [-0.25, -0.2) is 4.98 Å². The SMILES string of the molecule is Cc1nc(CNCCc2cccs2)oc1C. The van der Waals surface area contributed by atoms with Crippen LogP contribution in [0.4, 0.5) is 0 Å². The number of rotatable bonds is 5. The molecule has 2 aromatic heterocycles. The number of nitrogens with zero attached hydrogens (tertiary/aromatic N) is 1. The van der Waals surface area contributed by atoms with E-state index in [1.54, 1.807) is 11.3 Å². The molecule has 0 spiro atoms. The molecule has 2 rings (SSSR count). The fraction of sp³-hybridized carbons (Fsp3) is 0.417. The summed E-state index contributed by atoms with van der Waals surface area (Å²) >= 11 is 1.80. The monoisotopic (exact) mass is 236 g/mol. The molecule has 0 saturated heterocycles. The second kappa shape index (κ2) is 5.27. The second-order valence-corrected chi connectivity index (χ2v) is 4.79. The van der Waals surface area contributed by atoms with Crippen molar-refractivity contribution < 1.29 is 4.42 Å². The summed E-state index contributed by atoms with van der Waals surface area (Å²) in [5.74, 6) is 1.69. The molecule has 0 aliphatic heterocycles. The first-order valence-electron chi connectivity index (χ1n) is 5.41. The van der Waals surface area contributed by atoms with E-state index < -0.39 is 0 Å². The van der Waals surface area contributed by atoms with Crippen molar-refractivity contribution >= 4 is 11.3 Å². The number of aryl methyl sites for hydroxylation is 2. The van der Waals surface area contributed by atoms with Crippen molar-refractivity contribution in [2.45, 2.75) is 26.8 Å². The molecule has 4 heteroatoms. The highest BCUT2D eigenvalue weighted by Gasteiger charge is 2.04. The number of oxazole rings is 1. The zero-order valence-corrected chi connectivity index (χ0v) is 10.4. The van der Waals surface area contributed by atoms with Crippen LogP contribution in [0.25, 0.3) is 0 Å². The van der Waals surface area contributed by atoms with Crippen molar-refractivity contribution in [3.8, 4) is 0 Å². The fourth-order valence-corrected chi connectivity index (χ4v) is 2.19. The first-order chi connectivity index (χ1) is 7.75. The third kappa shape index (κ3) is 2.93. The van der Waals surface area contributed by atoms with Gasteiger partial charge in [-0.05, 0) is 31.7 Å². The molecule has 86 valence electrons. The average Bonchev–Trinajstić information content (AvgIpc) is 2.85. The smallest absolute Gasteiger partial charge is 0.208 e. The highest BCUT2D eigenvalue weighted by Crippen LogP contribution is 2.09. The van der Waals surface area contributed by atoms with E-state index >= 15 is 0 Å².